The summed E-state index contributed by atoms with van der Waals surface area (Å²) in [6.45, 7) is 8.48. The van der Waals surface area contributed by atoms with Gasteiger partial charge in [-0.05, 0) is 36.6 Å². The Morgan fingerprint density at radius 2 is 1.90 bits per heavy atom. The SMILES string of the molecule is CCN(CC)S(=O)(=O)c1ccc(Cl)c(C(=O)N[C@H](C)[C@H](c2cccs2)[NH+]2CCCC2)c1. The maximum absolute atomic E-state index is 13.1. The molecular weight excluding hydrogens is 454 g/mol. The smallest absolute Gasteiger partial charge is 0.253 e. The fourth-order valence-corrected chi connectivity index (χ4v) is 7.01. The minimum absolute atomic E-state index is 0.0818. The van der Waals surface area contributed by atoms with Crippen molar-refractivity contribution in [3.63, 3.8) is 0 Å². The van der Waals surface area contributed by atoms with Crippen LogP contribution in [0.3, 0.4) is 0 Å². The first-order valence-electron chi connectivity index (χ1n) is 10.8. The number of nitrogens with zero attached hydrogens (tertiary/aromatic N) is 1. The molecule has 9 heteroatoms. The van der Waals surface area contributed by atoms with E-state index < -0.39 is 10.0 Å². The molecular formula is C22H31ClN3O3S2+. The van der Waals surface area contributed by atoms with Gasteiger partial charge >= 0.3 is 0 Å². The second-order valence-corrected chi connectivity index (χ2v) is 11.2. The van der Waals surface area contributed by atoms with Crippen molar-refractivity contribution in [3.05, 3.63) is 51.2 Å². The molecule has 0 aliphatic carbocycles. The fraction of sp³-hybridized carbons (Fsp3) is 0.500. The number of amides is 1. The maximum Gasteiger partial charge on any atom is 0.253 e. The maximum atomic E-state index is 13.1. The van der Waals surface area contributed by atoms with Crippen molar-refractivity contribution in [3.8, 4) is 0 Å². The van der Waals surface area contributed by atoms with Gasteiger partial charge in [-0.15, -0.1) is 11.3 Å². The van der Waals surface area contributed by atoms with Crippen molar-refractivity contribution in [2.45, 2.75) is 50.6 Å². The number of hydrogen-bond acceptors (Lipinski definition) is 4. The zero-order chi connectivity index (χ0) is 22.6. The van der Waals surface area contributed by atoms with Crippen molar-refractivity contribution in [2.24, 2.45) is 0 Å². The van der Waals surface area contributed by atoms with E-state index in [1.807, 2.05) is 13.0 Å². The molecule has 2 N–H and O–H groups in total. The zero-order valence-corrected chi connectivity index (χ0v) is 20.6. The van der Waals surface area contributed by atoms with Gasteiger partial charge in [0.1, 0.15) is 6.04 Å². The van der Waals surface area contributed by atoms with Gasteiger partial charge in [0.05, 0.1) is 39.5 Å². The van der Waals surface area contributed by atoms with Crippen molar-refractivity contribution >= 4 is 38.9 Å². The average molecular weight is 485 g/mol. The number of carbonyl (C=O) groups is 1. The van der Waals surface area contributed by atoms with E-state index in [1.165, 1.54) is 45.1 Å². The Bertz CT molecular complexity index is 985. The van der Waals surface area contributed by atoms with Crippen LogP contribution in [0.2, 0.25) is 5.02 Å². The van der Waals surface area contributed by atoms with E-state index in [-0.39, 0.29) is 33.5 Å². The third-order valence-electron chi connectivity index (χ3n) is 5.92. The van der Waals surface area contributed by atoms with Crippen LogP contribution in [-0.2, 0) is 10.0 Å². The Morgan fingerprint density at radius 3 is 2.48 bits per heavy atom. The highest BCUT2D eigenvalue weighted by Crippen LogP contribution is 2.25. The van der Waals surface area contributed by atoms with Gasteiger partial charge < -0.3 is 10.2 Å². The minimum atomic E-state index is -3.68. The summed E-state index contributed by atoms with van der Waals surface area (Å²) in [7, 11) is -3.68. The summed E-state index contributed by atoms with van der Waals surface area (Å²) >= 11 is 8.01. The number of sulfonamides is 1. The molecule has 1 saturated heterocycles. The number of carbonyl (C=O) groups excluding carboxylic acids is 1. The zero-order valence-electron chi connectivity index (χ0n) is 18.2. The Hall–Kier alpha value is -1.45. The van der Waals surface area contributed by atoms with Crippen LogP contribution >= 0.6 is 22.9 Å². The standard InChI is InChI=1S/C22H30ClN3O3S2/c1-4-26(5-2)31(28,29)17-10-11-19(23)18(15-17)22(27)24-16(3)21(20-9-8-14-30-20)25-12-6-7-13-25/h8-11,14-16,21H,4-7,12-13H2,1-3H3,(H,24,27)/p+1/t16-,21-/m1/s1. The molecule has 31 heavy (non-hydrogen) atoms. The normalized spacial score (nSPS) is 17.1. The van der Waals surface area contributed by atoms with E-state index in [0.717, 1.165) is 13.1 Å². The van der Waals surface area contributed by atoms with E-state index >= 15 is 0 Å². The van der Waals surface area contributed by atoms with Gasteiger partial charge in [0.15, 0.2) is 0 Å². The lowest BCUT2D eigenvalue weighted by Crippen LogP contribution is -3.11. The first-order chi connectivity index (χ1) is 14.8. The third kappa shape index (κ3) is 5.31. The predicted octanol–water partition coefficient (Wildman–Crippen LogP) is 2.97. The molecule has 0 unspecified atom stereocenters. The van der Waals surface area contributed by atoms with E-state index in [4.69, 9.17) is 11.6 Å². The summed E-state index contributed by atoms with van der Waals surface area (Å²) in [5.41, 5.74) is 0.183. The Labute approximate surface area is 194 Å². The van der Waals surface area contributed by atoms with E-state index in [0.29, 0.717) is 13.1 Å². The molecule has 1 aromatic heterocycles. The van der Waals surface area contributed by atoms with Crippen LogP contribution in [0.15, 0.2) is 40.6 Å². The predicted molar refractivity (Wildman–Crippen MR) is 125 cm³/mol. The quantitative estimate of drug-likeness (QED) is 0.574. The summed E-state index contributed by atoms with van der Waals surface area (Å²) in [4.78, 5) is 15.9. The second-order valence-electron chi connectivity index (χ2n) is 7.85. The monoisotopic (exact) mass is 484 g/mol. The van der Waals surface area contributed by atoms with Crippen molar-refractivity contribution in [2.75, 3.05) is 26.2 Å². The Balaban J connectivity index is 1.85. The van der Waals surface area contributed by atoms with Crippen LogP contribution in [0.5, 0.6) is 0 Å². The molecule has 2 aromatic rings. The molecule has 0 saturated carbocycles. The van der Waals surface area contributed by atoms with Crippen molar-refractivity contribution < 1.29 is 18.1 Å². The largest absolute Gasteiger partial charge is 0.343 e. The van der Waals surface area contributed by atoms with Gasteiger partial charge in [0.25, 0.3) is 5.91 Å². The van der Waals surface area contributed by atoms with E-state index in [2.05, 4.69) is 16.8 Å². The van der Waals surface area contributed by atoms with Gasteiger partial charge in [-0.3, -0.25) is 4.79 Å². The molecule has 2 heterocycles. The van der Waals surface area contributed by atoms with Crippen LogP contribution in [-0.4, -0.2) is 50.9 Å². The number of rotatable bonds is 9. The van der Waals surface area contributed by atoms with Crippen LogP contribution < -0.4 is 10.2 Å². The van der Waals surface area contributed by atoms with Crippen LogP contribution in [0.1, 0.15) is 54.9 Å². The van der Waals surface area contributed by atoms with Crippen molar-refractivity contribution in [1.82, 2.24) is 9.62 Å². The van der Waals surface area contributed by atoms with Gasteiger partial charge in [-0.2, -0.15) is 4.31 Å². The lowest BCUT2D eigenvalue weighted by molar-refractivity contribution is -0.920. The summed E-state index contributed by atoms with van der Waals surface area (Å²) in [6, 6.07) is 8.52. The number of thiophene rings is 1. The fourth-order valence-electron chi connectivity index (χ4n) is 4.33. The highest BCUT2D eigenvalue weighted by Gasteiger charge is 2.34. The molecule has 1 fully saturated rings. The number of benzene rings is 1. The topological polar surface area (TPSA) is 70.9 Å². The number of hydrogen-bond donors (Lipinski definition) is 2. The Morgan fingerprint density at radius 1 is 1.23 bits per heavy atom. The number of quaternary nitrogens is 1. The minimum Gasteiger partial charge on any atom is -0.343 e. The third-order valence-corrected chi connectivity index (χ3v) is 9.25. The summed E-state index contributed by atoms with van der Waals surface area (Å²) in [5.74, 6) is -0.353. The van der Waals surface area contributed by atoms with E-state index in [1.54, 1.807) is 25.2 Å². The highest BCUT2D eigenvalue weighted by atomic mass is 35.5. The van der Waals surface area contributed by atoms with Crippen molar-refractivity contribution in [1.29, 1.82) is 0 Å². The van der Waals surface area contributed by atoms with E-state index in [9.17, 15) is 13.2 Å². The molecule has 0 radical (unpaired) electrons. The lowest BCUT2D eigenvalue weighted by Gasteiger charge is -2.29. The molecule has 1 amide bonds. The van der Waals surface area contributed by atoms with Crippen LogP contribution in [0.4, 0.5) is 0 Å². The van der Waals surface area contributed by atoms with Gasteiger partial charge in [-0.25, -0.2) is 8.42 Å². The molecule has 1 aromatic carbocycles. The first-order valence-corrected chi connectivity index (χ1v) is 13.5. The van der Waals surface area contributed by atoms with Gasteiger partial charge in [0.2, 0.25) is 10.0 Å². The van der Waals surface area contributed by atoms with Gasteiger partial charge in [0, 0.05) is 25.9 Å². The molecule has 170 valence electrons. The summed E-state index contributed by atoms with van der Waals surface area (Å²) in [5, 5.41) is 5.39. The first kappa shape index (κ1) is 24.2. The number of likely N-dealkylation sites (tertiary alicyclic amines) is 1. The lowest BCUT2D eigenvalue weighted by atomic mass is 10.1. The molecule has 1 aliphatic rings. The molecule has 0 bridgehead atoms. The second kappa shape index (κ2) is 10.4. The summed E-state index contributed by atoms with van der Waals surface area (Å²) < 4.78 is 27.1. The van der Waals surface area contributed by atoms with Crippen LogP contribution in [0.25, 0.3) is 0 Å². The number of nitrogens with one attached hydrogen (secondary N) is 2. The average Bonchev–Trinajstić information content (AvgIpc) is 3.44. The Kier molecular flexibility index (Phi) is 8.15. The molecule has 3 rings (SSSR count). The molecule has 6 nitrogen and oxygen atoms in total. The molecule has 1 aliphatic heterocycles. The summed E-state index contributed by atoms with van der Waals surface area (Å²) in [6.07, 6.45) is 2.38. The highest BCUT2D eigenvalue weighted by molar-refractivity contribution is 7.89. The van der Waals surface area contributed by atoms with Crippen LogP contribution in [0, 0.1) is 0 Å². The van der Waals surface area contributed by atoms with Gasteiger partial charge in [-0.1, -0.05) is 31.5 Å². The molecule has 2 atom stereocenters. The number of halogens is 1. The molecule has 0 spiro atoms.